The highest BCUT2D eigenvalue weighted by Gasteiger charge is 2.24. The number of hydrogen-bond donors (Lipinski definition) is 2. The van der Waals surface area contributed by atoms with Crippen LogP contribution in [-0.2, 0) is 0 Å². The lowest BCUT2D eigenvalue weighted by Gasteiger charge is -2.31. The number of nitrogens with one attached hydrogen (secondary N) is 1. The summed E-state index contributed by atoms with van der Waals surface area (Å²) in [4.78, 5) is 14.1. The lowest BCUT2D eigenvalue weighted by molar-refractivity contribution is 0.0709. The summed E-state index contributed by atoms with van der Waals surface area (Å²) < 4.78 is 5.07. The van der Waals surface area contributed by atoms with Gasteiger partial charge < -0.3 is 15.4 Å². The van der Waals surface area contributed by atoms with Crippen LogP contribution in [0.3, 0.4) is 0 Å². The number of ether oxygens (including phenoxy) is 1. The summed E-state index contributed by atoms with van der Waals surface area (Å²) in [5.41, 5.74) is 6.17. The van der Waals surface area contributed by atoms with Gasteiger partial charge in [-0.2, -0.15) is 0 Å². The fraction of sp³-hybridized carbons (Fsp3) is 0.429. The molecule has 1 aromatic rings. The van der Waals surface area contributed by atoms with Gasteiger partial charge in [-0.05, 0) is 37.1 Å². The summed E-state index contributed by atoms with van der Waals surface area (Å²) >= 11 is 0. The van der Waals surface area contributed by atoms with E-state index in [0.29, 0.717) is 18.7 Å². The van der Waals surface area contributed by atoms with Gasteiger partial charge in [-0.25, -0.2) is 0 Å². The van der Waals surface area contributed by atoms with E-state index in [1.807, 2.05) is 4.90 Å². The highest BCUT2D eigenvalue weighted by Crippen LogP contribution is 2.19. The summed E-state index contributed by atoms with van der Waals surface area (Å²) in [6.07, 6.45) is 1.55. The van der Waals surface area contributed by atoms with Crippen LogP contribution in [0.2, 0.25) is 0 Å². The SMILES string of the molecule is COc1ccc(C(=O)N2CCC(C(=N)N)CC2)cc1. The molecule has 19 heavy (non-hydrogen) atoms. The number of amides is 1. The summed E-state index contributed by atoms with van der Waals surface area (Å²) in [6.45, 7) is 1.32. The highest BCUT2D eigenvalue weighted by molar-refractivity contribution is 5.94. The number of amidine groups is 1. The molecule has 5 heteroatoms. The molecular weight excluding hydrogens is 242 g/mol. The Morgan fingerprint density at radius 2 is 1.89 bits per heavy atom. The molecule has 0 saturated carbocycles. The Morgan fingerprint density at radius 1 is 1.32 bits per heavy atom. The van der Waals surface area contributed by atoms with Crippen molar-refractivity contribution in [3.63, 3.8) is 0 Å². The number of carbonyl (C=O) groups is 1. The van der Waals surface area contributed by atoms with Gasteiger partial charge in [0.05, 0.1) is 12.9 Å². The first-order valence-corrected chi connectivity index (χ1v) is 6.39. The van der Waals surface area contributed by atoms with Crippen molar-refractivity contribution >= 4 is 11.7 Å². The molecule has 1 aliphatic heterocycles. The van der Waals surface area contributed by atoms with E-state index in [2.05, 4.69) is 0 Å². The monoisotopic (exact) mass is 261 g/mol. The number of likely N-dealkylation sites (tertiary alicyclic amines) is 1. The molecule has 1 amide bonds. The minimum Gasteiger partial charge on any atom is -0.497 e. The predicted molar refractivity (Wildman–Crippen MR) is 73.5 cm³/mol. The maximum Gasteiger partial charge on any atom is 0.253 e. The molecule has 1 aromatic carbocycles. The van der Waals surface area contributed by atoms with Crippen molar-refractivity contribution in [3.8, 4) is 5.75 Å². The van der Waals surface area contributed by atoms with Gasteiger partial charge in [0.25, 0.3) is 5.91 Å². The number of nitrogens with zero attached hydrogens (tertiary/aromatic N) is 1. The molecule has 1 fully saturated rings. The minimum absolute atomic E-state index is 0.0321. The number of carbonyl (C=O) groups excluding carboxylic acids is 1. The molecule has 3 N–H and O–H groups in total. The van der Waals surface area contributed by atoms with Gasteiger partial charge in [-0.3, -0.25) is 10.2 Å². The first kappa shape index (κ1) is 13.4. The van der Waals surface area contributed by atoms with Gasteiger partial charge in [-0.1, -0.05) is 0 Å². The van der Waals surface area contributed by atoms with Crippen molar-refractivity contribution < 1.29 is 9.53 Å². The minimum atomic E-state index is 0.0321. The van der Waals surface area contributed by atoms with E-state index in [4.69, 9.17) is 15.9 Å². The summed E-state index contributed by atoms with van der Waals surface area (Å²) in [7, 11) is 1.60. The van der Waals surface area contributed by atoms with Crippen molar-refractivity contribution in [2.24, 2.45) is 11.7 Å². The van der Waals surface area contributed by atoms with Gasteiger partial charge >= 0.3 is 0 Å². The molecule has 2 rings (SSSR count). The standard InChI is InChI=1S/C14H19N3O2/c1-19-12-4-2-11(3-5-12)14(18)17-8-6-10(7-9-17)13(15)16/h2-5,10H,6-9H2,1H3,(H3,15,16). The molecule has 0 spiro atoms. The van der Waals surface area contributed by atoms with E-state index in [-0.39, 0.29) is 17.7 Å². The molecule has 102 valence electrons. The lowest BCUT2D eigenvalue weighted by Crippen LogP contribution is -2.41. The Labute approximate surface area is 112 Å². The normalized spacial score (nSPS) is 16.2. The Kier molecular flexibility index (Phi) is 4.04. The molecular formula is C14H19N3O2. The second-order valence-electron chi connectivity index (χ2n) is 4.75. The number of piperidine rings is 1. The maximum absolute atomic E-state index is 12.3. The topological polar surface area (TPSA) is 79.4 Å². The zero-order valence-electron chi connectivity index (χ0n) is 11.1. The largest absolute Gasteiger partial charge is 0.497 e. The van der Waals surface area contributed by atoms with Crippen LogP contribution in [0.1, 0.15) is 23.2 Å². The van der Waals surface area contributed by atoms with E-state index in [9.17, 15) is 4.79 Å². The van der Waals surface area contributed by atoms with Crippen molar-refractivity contribution in [1.29, 1.82) is 5.41 Å². The van der Waals surface area contributed by atoms with Crippen LogP contribution >= 0.6 is 0 Å². The molecule has 0 atom stereocenters. The van der Waals surface area contributed by atoms with Crippen molar-refractivity contribution in [1.82, 2.24) is 4.90 Å². The summed E-state index contributed by atoms with van der Waals surface area (Å²) in [5.74, 6) is 1.13. The Balaban J connectivity index is 1.98. The maximum atomic E-state index is 12.3. The van der Waals surface area contributed by atoms with Gasteiger partial charge in [0.2, 0.25) is 0 Å². The number of rotatable bonds is 3. The molecule has 0 aliphatic carbocycles. The molecule has 1 heterocycles. The zero-order valence-corrected chi connectivity index (χ0v) is 11.1. The van der Waals surface area contributed by atoms with Gasteiger partial charge in [0.1, 0.15) is 5.75 Å². The third-order valence-corrected chi connectivity index (χ3v) is 3.56. The average molecular weight is 261 g/mol. The number of hydrogen-bond acceptors (Lipinski definition) is 3. The van der Waals surface area contributed by atoms with E-state index < -0.39 is 0 Å². The van der Waals surface area contributed by atoms with Crippen LogP contribution in [0, 0.1) is 11.3 Å². The van der Waals surface area contributed by atoms with Crippen LogP contribution in [0.25, 0.3) is 0 Å². The number of benzene rings is 1. The molecule has 0 unspecified atom stereocenters. The zero-order chi connectivity index (χ0) is 13.8. The second kappa shape index (κ2) is 5.73. The fourth-order valence-corrected chi connectivity index (χ4v) is 2.31. The van der Waals surface area contributed by atoms with Crippen LogP contribution in [0.5, 0.6) is 5.75 Å². The predicted octanol–water partition coefficient (Wildman–Crippen LogP) is 1.48. The van der Waals surface area contributed by atoms with Crippen molar-refractivity contribution in [2.75, 3.05) is 20.2 Å². The highest BCUT2D eigenvalue weighted by atomic mass is 16.5. The third kappa shape index (κ3) is 3.05. The Hall–Kier alpha value is -2.04. The quantitative estimate of drug-likeness (QED) is 0.639. The lowest BCUT2D eigenvalue weighted by atomic mass is 9.95. The second-order valence-corrected chi connectivity index (χ2v) is 4.75. The molecule has 1 saturated heterocycles. The van der Waals surface area contributed by atoms with Gasteiger partial charge in [0.15, 0.2) is 0 Å². The first-order chi connectivity index (χ1) is 9.11. The Bertz CT molecular complexity index is 462. The first-order valence-electron chi connectivity index (χ1n) is 6.39. The Morgan fingerprint density at radius 3 is 2.37 bits per heavy atom. The van der Waals surface area contributed by atoms with Crippen LogP contribution in [-0.4, -0.2) is 36.8 Å². The molecule has 0 aromatic heterocycles. The van der Waals surface area contributed by atoms with E-state index in [0.717, 1.165) is 18.6 Å². The fourth-order valence-electron chi connectivity index (χ4n) is 2.31. The van der Waals surface area contributed by atoms with Crippen LogP contribution < -0.4 is 10.5 Å². The van der Waals surface area contributed by atoms with Crippen LogP contribution in [0.4, 0.5) is 0 Å². The van der Waals surface area contributed by atoms with Crippen molar-refractivity contribution in [2.45, 2.75) is 12.8 Å². The van der Waals surface area contributed by atoms with E-state index in [1.54, 1.807) is 31.4 Å². The third-order valence-electron chi connectivity index (χ3n) is 3.56. The number of nitrogens with two attached hydrogens (primary N) is 1. The molecule has 0 bridgehead atoms. The van der Waals surface area contributed by atoms with E-state index >= 15 is 0 Å². The summed E-state index contributed by atoms with van der Waals surface area (Å²) in [5, 5.41) is 7.43. The molecule has 0 radical (unpaired) electrons. The van der Waals surface area contributed by atoms with Gasteiger partial charge in [-0.15, -0.1) is 0 Å². The van der Waals surface area contributed by atoms with Gasteiger partial charge in [0, 0.05) is 24.6 Å². The average Bonchev–Trinajstić information content (AvgIpc) is 2.46. The number of methoxy groups -OCH3 is 1. The van der Waals surface area contributed by atoms with E-state index in [1.165, 1.54) is 0 Å². The smallest absolute Gasteiger partial charge is 0.253 e. The molecule has 1 aliphatic rings. The van der Waals surface area contributed by atoms with Crippen molar-refractivity contribution in [3.05, 3.63) is 29.8 Å². The van der Waals surface area contributed by atoms with Crippen LogP contribution in [0.15, 0.2) is 24.3 Å². The summed E-state index contributed by atoms with van der Waals surface area (Å²) in [6, 6.07) is 7.13. The molecule has 5 nitrogen and oxygen atoms in total.